The van der Waals surface area contributed by atoms with E-state index in [0.717, 1.165) is 10.0 Å². The van der Waals surface area contributed by atoms with Crippen LogP contribution < -0.4 is 0 Å². The highest BCUT2D eigenvalue weighted by molar-refractivity contribution is 4.67. The van der Waals surface area contributed by atoms with Gasteiger partial charge in [0, 0.05) is 0 Å². The molecule has 8 heteroatoms. The predicted molar refractivity (Wildman–Crippen MR) is 36.9 cm³/mol. The summed E-state index contributed by atoms with van der Waals surface area (Å²) in [5.41, 5.74) is 0. The Morgan fingerprint density at radius 2 is 1.92 bits per heavy atom. The summed E-state index contributed by atoms with van der Waals surface area (Å²) in [7, 11) is 0. The standard InChI is InChI=1S/C4H8N4O4/c1-4-2-5(7(9)10)3-6(4)8(11)12/h4H,2-3H2,1H3. The SMILES string of the molecule is CC1CN([N+](=O)[O-])CN1[N+](=O)[O-]. The molecule has 0 aromatic rings. The Hall–Kier alpha value is -1.60. The molecular formula is C4H8N4O4. The maximum atomic E-state index is 10.3. The topological polar surface area (TPSA) is 92.8 Å². The highest BCUT2D eigenvalue weighted by Gasteiger charge is 2.39. The first kappa shape index (κ1) is 8.50. The number of nitro groups is 2. The fraction of sp³-hybridized carbons (Fsp3) is 1.00. The second-order valence-corrected chi connectivity index (χ2v) is 2.59. The van der Waals surface area contributed by atoms with Crippen LogP contribution in [0.25, 0.3) is 0 Å². The summed E-state index contributed by atoms with van der Waals surface area (Å²) in [6, 6.07) is -0.412. The molecule has 1 aliphatic heterocycles. The third kappa shape index (κ3) is 1.36. The van der Waals surface area contributed by atoms with Gasteiger partial charge in [-0.15, -0.1) is 5.01 Å². The Kier molecular flexibility index (Phi) is 1.98. The van der Waals surface area contributed by atoms with E-state index in [9.17, 15) is 20.2 Å². The summed E-state index contributed by atoms with van der Waals surface area (Å²) in [6.07, 6.45) is 0. The van der Waals surface area contributed by atoms with Crippen LogP contribution >= 0.6 is 0 Å². The lowest BCUT2D eigenvalue weighted by molar-refractivity contribution is -0.691. The van der Waals surface area contributed by atoms with Crippen molar-refractivity contribution in [2.75, 3.05) is 13.2 Å². The van der Waals surface area contributed by atoms with Gasteiger partial charge in [-0.05, 0) is 6.92 Å². The maximum absolute atomic E-state index is 10.3. The second-order valence-electron chi connectivity index (χ2n) is 2.59. The smallest absolute Gasteiger partial charge is 0.208 e. The van der Waals surface area contributed by atoms with E-state index in [1.54, 1.807) is 6.92 Å². The van der Waals surface area contributed by atoms with Crippen molar-refractivity contribution < 1.29 is 10.1 Å². The van der Waals surface area contributed by atoms with Crippen LogP contribution in [0.2, 0.25) is 0 Å². The normalized spacial score (nSPS) is 22.9. The summed E-state index contributed by atoms with van der Waals surface area (Å²) >= 11 is 0. The van der Waals surface area contributed by atoms with Crippen LogP contribution in [-0.4, -0.2) is 39.3 Å². The Morgan fingerprint density at radius 1 is 1.33 bits per heavy atom. The highest BCUT2D eigenvalue weighted by atomic mass is 16.7. The summed E-state index contributed by atoms with van der Waals surface area (Å²) < 4.78 is 0. The first-order valence-electron chi connectivity index (χ1n) is 3.32. The summed E-state index contributed by atoms with van der Waals surface area (Å²) in [5, 5.41) is 20.9. The zero-order valence-electron chi connectivity index (χ0n) is 6.41. The van der Waals surface area contributed by atoms with E-state index in [1.807, 2.05) is 0 Å². The van der Waals surface area contributed by atoms with Gasteiger partial charge in [0.05, 0.1) is 0 Å². The highest BCUT2D eigenvalue weighted by Crippen LogP contribution is 2.11. The van der Waals surface area contributed by atoms with Crippen molar-refractivity contribution >= 4 is 0 Å². The summed E-state index contributed by atoms with van der Waals surface area (Å²) in [5.74, 6) is 0. The Balaban J connectivity index is 2.62. The minimum atomic E-state index is -0.625. The number of nitrogens with zero attached hydrogens (tertiary/aromatic N) is 4. The van der Waals surface area contributed by atoms with Gasteiger partial charge in [0.25, 0.3) is 0 Å². The van der Waals surface area contributed by atoms with Gasteiger partial charge in [0.1, 0.15) is 12.6 Å². The van der Waals surface area contributed by atoms with Crippen molar-refractivity contribution in [3.05, 3.63) is 20.2 Å². The van der Waals surface area contributed by atoms with E-state index >= 15 is 0 Å². The molecular weight excluding hydrogens is 168 g/mol. The second kappa shape index (κ2) is 2.80. The van der Waals surface area contributed by atoms with Gasteiger partial charge in [-0.3, -0.25) is 0 Å². The fourth-order valence-corrected chi connectivity index (χ4v) is 1.09. The van der Waals surface area contributed by atoms with Crippen molar-refractivity contribution in [1.29, 1.82) is 0 Å². The van der Waals surface area contributed by atoms with E-state index in [0.29, 0.717) is 0 Å². The molecule has 1 aliphatic rings. The zero-order valence-corrected chi connectivity index (χ0v) is 6.41. The molecule has 68 valence electrons. The van der Waals surface area contributed by atoms with Crippen LogP contribution in [-0.2, 0) is 0 Å². The lowest BCUT2D eigenvalue weighted by atomic mass is 10.4. The Morgan fingerprint density at radius 3 is 2.17 bits per heavy atom. The van der Waals surface area contributed by atoms with Crippen LogP contribution in [0.4, 0.5) is 0 Å². The number of rotatable bonds is 2. The van der Waals surface area contributed by atoms with Gasteiger partial charge in [-0.25, -0.2) is 20.2 Å². The van der Waals surface area contributed by atoms with Gasteiger partial charge in [0.2, 0.25) is 6.67 Å². The molecule has 0 aromatic heterocycles. The lowest BCUT2D eigenvalue weighted by Crippen LogP contribution is -2.35. The van der Waals surface area contributed by atoms with Crippen LogP contribution in [0, 0.1) is 20.2 Å². The molecule has 1 rings (SSSR count). The molecule has 0 aliphatic carbocycles. The van der Waals surface area contributed by atoms with Gasteiger partial charge in [-0.1, -0.05) is 5.01 Å². The molecule has 1 unspecified atom stereocenters. The monoisotopic (exact) mass is 176 g/mol. The van der Waals surface area contributed by atoms with Crippen LogP contribution in [0.3, 0.4) is 0 Å². The first-order chi connectivity index (χ1) is 5.52. The minimum Gasteiger partial charge on any atom is -0.235 e. The van der Waals surface area contributed by atoms with E-state index < -0.39 is 16.1 Å². The van der Waals surface area contributed by atoms with Crippen molar-refractivity contribution in [2.24, 2.45) is 0 Å². The average molecular weight is 176 g/mol. The van der Waals surface area contributed by atoms with Gasteiger partial charge in [-0.2, -0.15) is 0 Å². The molecule has 0 spiro atoms. The molecule has 0 saturated carbocycles. The van der Waals surface area contributed by atoms with E-state index in [1.165, 1.54) is 0 Å². The van der Waals surface area contributed by atoms with Gasteiger partial charge >= 0.3 is 0 Å². The molecule has 1 fully saturated rings. The maximum Gasteiger partial charge on any atom is 0.208 e. The Bertz CT molecular complexity index is 219. The lowest BCUT2D eigenvalue weighted by Gasteiger charge is -2.07. The van der Waals surface area contributed by atoms with Crippen molar-refractivity contribution in [3.8, 4) is 0 Å². The molecule has 0 amide bonds. The molecule has 1 heterocycles. The van der Waals surface area contributed by atoms with Crippen molar-refractivity contribution in [3.63, 3.8) is 0 Å². The minimum absolute atomic E-state index is 0.0913. The largest absolute Gasteiger partial charge is 0.235 e. The van der Waals surface area contributed by atoms with E-state index in [-0.39, 0.29) is 13.2 Å². The quantitative estimate of drug-likeness (QED) is 0.409. The number of hydrazine groups is 2. The van der Waals surface area contributed by atoms with E-state index in [4.69, 9.17) is 0 Å². The molecule has 0 aromatic carbocycles. The number of hydrogen-bond donors (Lipinski definition) is 0. The van der Waals surface area contributed by atoms with E-state index in [2.05, 4.69) is 0 Å². The van der Waals surface area contributed by atoms with Gasteiger partial charge in [0.15, 0.2) is 10.1 Å². The Labute approximate surface area is 67.6 Å². The molecule has 8 nitrogen and oxygen atoms in total. The average Bonchev–Trinajstić information content (AvgIpc) is 2.30. The third-order valence-electron chi connectivity index (χ3n) is 1.73. The molecule has 0 bridgehead atoms. The molecule has 0 radical (unpaired) electrons. The summed E-state index contributed by atoms with van der Waals surface area (Å²) in [4.78, 5) is 20.5. The van der Waals surface area contributed by atoms with Crippen molar-refractivity contribution in [1.82, 2.24) is 10.0 Å². The van der Waals surface area contributed by atoms with Crippen LogP contribution in [0.15, 0.2) is 0 Å². The molecule has 12 heavy (non-hydrogen) atoms. The molecule has 1 atom stereocenters. The van der Waals surface area contributed by atoms with Gasteiger partial charge < -0.3 is 0 Å². The van der Waals surface area contributed by atoms with Crippen LogP contribution in [0.5, 0.6) is 0 Å². The molecule has 1 saturated heterocycles. The van der Waals surface area contributed by atoms with Crippen molar-refractivity contribution in [2.45, 2.75) is 13.0 Å². The first-order valence-corrected chi connectivity index (χ1v) is 3.32. The van der Waals surface area contributed by atoms with Crippen LogP contribution in [0.1, 0.15) is 6.92 Å². The zero-order chi connectivity index (χ0) is 9.30. The predicted octanol–water partition coefficient (Wildman–Crippen LogP) is -0.667. The number of hydrogen-bond acceptors (Lipinski definition) is 4. The third-order valence-corrected chi connectivity index (χ3v) is 1.73. The fourth-order valence-electron chi connectivity index (χ4n) is 1.09. The molecule has 0 N–H and O–H groups in total. The summed E-state index contributed by atoms with van der Waals surface area (Å²) in [6.45, 7) is 1.42.